The predicted octanol–water partition coefficient (Wildman–Crippen LogP) is 6.26. The van der Waals surface area contributed by atoms with Gasteiger partial charge < -0.3 is 19.6 Å². The Labute approximate surface area is 256 Å². The summed E-state index contributed by atoms with van der Waals surface area (Å²) in [6.07, 6.45) is 2.79. The number of carbonyl (C=O) groups is 2. The van der Waals surface area contributed by atoms with Gasteiger partial charge in [-0.1, -0.05) is 24.6 Å². The van der Waals surface area contributed by atoms with Crippen LogP contribution in [0.2, 0.25) is 5.02 Å². The van der Waals surface area contributed by atoms with Gasteiger partial charge in [-0.05, 0) is 91.5 Å². The molecule has 0 saturated carbocycles. The summed E-state index contributed by atoms with van der Waals surface area (Å²) in [6.45, 7) is 6.54. The molecule has 2 unspecified atom stereocenters. The molecule has 0 radical (unpaired) electrons. The zero-order valence-electron chi connectivity index (χ0n) is 24.4. The smallest absolute Gasteiger partial charge is 0.254 e. The summed E-state index contributed by atoms with van der Waals surface area (Å²) in [5, 5.41) is 0.612. The third kappa shape index (κ3) is 6.00. The number of nitrogens with zero attached hydrogens (tertiary/aromatic N) is 4. The minimum absolute atomic E-state index is 0.0267. The quantitative estimate of drug-likeness (QED) is 0.319. The molecule has 3 heterocycles. The highest BCUT2D eigenvalue weighted by molar-refractivity contribution is 6.31. The first-order valence-corrected chi connectivity index (χ1v) is 15.6. The van der Waals surface area contributed by atoms with Crippen molar-refractivity contribution < 1.29 is 18.4 Å². The fourth-order valence-corrected chi connectivity index (χ4v) is 7.35. The van der Waals surface area contributed by atoms with Crippen molar-refractivity contribution >= 4 is 34.8 Å². The maximum absolute atomic E-state index is 14.3. The Balaban J connectivity index is 1.01. The van der Waals surface area contributed by atoms with Crippen LogP contribution in [0.15, 0.2) is 60.7 Å². The van der Waals surface area contributed by atoms with Crippen molar-refractivity contribution in [2.45, 2.75) is 44.6 Å². The van der Waals surface area contributed by atoms with Crippen LogP contribution in [0.5, 0.6) is 0 Å². The summed E-state index contributed by atoms with van der Waals surface area (Å²) in [4.78, 5) is 34.5. The van der Waals surface area contributed by atoms with Gasteiger partial charge in [-0.2, -0.15) is 0 Å². The van der Waals surface area contributed by atoms with E-state index in [9.17, 15) is 18.4 Å². The van der Waals surface area contributed by atoms with Crippen LogP contribution < -0.4 is 4.90 Å². The van der Waals surface area contributed by atoms with Crippen molar-refractivity contribution in [3.63, 3.8) is 0 Å². The van der Waals surface area contributed by atoms with E-state index in [2.05, 4.69) is 9.80 Å². The van der Waals surface area contributed by atoms with Gasteiger partial charge >= 0.3 is 0 Å². The highest BCUT2D eigenvalue weighted by atomic mass is 35.5. The van der Waals surface area contributed by atoms with Gasteiger partial charge in [0.2, 0.25) is 5.91 Å². The largest absolute Gasteiger partial charge is 0.339 e. The molecule has 2 atom stereocenters. The van der Waals surface area contributed by atoms with Crippen LogP contribution in [0.1, 0.15) is 53.6 Å². The van der Waals surface area contributed by atoms with E-state index in [0.29, 0.717) is 49.6 Å². The molecule has 0 aliphatic carbocycles. The van der Waals surface area contributed by atoms with Gasteiger partial charge in [0.15, 0.2) is 0 Å². The SMILES string of the molecule is CCc1c(Cl)cccc1C(=O)N1CCN(C(=O)CCCN2CCC3C(C2)c2cc(F)ccc2N3c2ccc(F)cc2)CC1. The molecular weight excluding hydrogens is 570 g/mol. The number of anilines is 2. The first-order chi connectivity index (χ1) is 20.8. The van der Waals surface area contributed by atoms with Crippen LogP contribution in [-0.4, -0.2) is 78.4 Å². The maximum Gasteiger partial charge on any atom is 0.254 e. The van der Waals surface area contributed by atoms with Gasteiger partial charge in [0.25, 0.3) is 5.91 Å². The Bertz CT molecular complexity index is 1490. The number of piperazine rings is 1. The van der Waals surface area contributed by atoms with Crippen molar-refractivity contribution in [1.82, 2.24) is 14.7 Å². The van der Waals surface area contributed by atoms with Gasteiger partial charge in [-0.25, -0.2) is 8.78 Å². The highest BCUT2D eigenvalue weighted by Gasteiger charge is 2.42. The number of hydrogen-bond acceptors (Lipinski definition) is 4. The topological polar surface area (TPSA) is 47.1 Å². The number of likely N-dealkylation sites (tertiary alicyclic amines) is 1. The lowest BCUT2D eigenvalue weighted by molar-refractivity contribution is -0.132. The van der Waals surface area contributed by atoms with E-state index in [0.717, 1.165) is 55.0 Å². The molecule has 3 aromatic carbocycles. The van der Waals surface area contributed by atoms with Crippen molar-refractivity contribution in [2.75, 3.05) is 50.7 Å². The first-order valence-electron chi connectivity index (χ1n) is 15.2. The lowest BCUT2D eigenvalue weighted by atomic mass is 9.89. The molecule has 226 valence electrons. The number of piperidine rings is 1. The zero-order chi connectivity index (χ0) is 30.1. The third-order valence-electron chi connectivity index (χ3n) is 9.23. The van der Waals surface area contributed by atoms with Crippen molar-refractivity contribution in [1.29, 1.82) is 0 Å². The average Bonchev–Trinajstić information content (AvgIpc) is 3.33. The molecule has 2 amide bonds. The Kier molecular flexibility index (Phi) is 8.68. The fraction of sp³-hybridized carbons (Fsp3) is 0.412. The minimum atomic E-state index is -0.276. The number of amides is 2. The van der Waals surface area contributed by atoms with Crippen molar-refractivity contribution in [3.8, 4) is 0 Å². The maximum atomic E-state index is 14.3. The monoisotopic (exact) mass is 606 g/mol. The molecule has 3 aliphatic rings. The molecule has 0 spiro atoms. The molecule has 9 heteroatoms. The number of halogens is 3. The van der Waals surface area contributed by atoms with Crippen LogP contribution in [-0.2, 0) is 11.2 Å². The van der Waals surface area contributed by atoms with E-state index in [4.69, 9.17) is 11.6 Å². The lowest BCUT2D eigenvalue weighted by Crippen LogP contribution is -2.50. The molecule has 0 bridgehead atoms. The van der Waals surface area contributed by atoms with Gasteiger partial charge in [0.1, 0.15) is 11.6 Å². The summed E-state index contributed by atoms with van der Waals surface area (Å²) in [7, 11) is 0. The lowest BCUT2D eigenvalue weighted by Gasteiger charge is -2.39. The molecule has 6 rings (SSSR count). The van der Waals surface area contributed by atoms with Gasteiger partial charge in [-0.3, -0.25) is 9.59 Å². The Morgan fingerprint density at radius 3 is 2.37 bits per heavy atom. The van der Waals surface area contributed by atoms with Crippen molar-refractivity contribution in [3.05, 3.63) is 94.0 Å². The fourth-order valence-electron chi connectivity index (χ4n) is 7.04. The summed E-state index contributed by atoms with van der Waals surface area (Å²) in [5.41, 5.74) is 4.41. The second kappa shape index (κ2) is 12.6. The van der Waals surface area contributed by atoms with E-state index < -0.39 is 0 Å². The zero-order valence-corrected chi connectivity index (χ0v) is 25.2. The van der Waals surface area contributed by atoms with E-state index in [-0.39, 0.29) is 35.4 Å². The van der Waals surface area contributed by atoms with E-state index in [1.165, 1.54) is 18.2 Å². The number of benzene rings is 3. The minimum Gasteiger partial charge on any atom is -0.339 e. The summed E-state index contributed by atoms with van der Waals surface area (Å²) in [6, 6.07) is 17.1. The molecule has 2 saturated heterocycles. The summed E-state index contributed by atoms with van der Waals surface area (Å²) >= 11 is 6.32. The molecule has 2 fully saturated rings. The van der Waals surface area contributed by atoms with E-state index >= 15 is 0 Å². The first kappa shape index (κ1) is 29.6. The van der Waals surface area contributed by atoms with Crippen LogP contribution in [0.25, 0.3) is 0 Å². The standard InChI is InChI=1S/C34H37ClF2N4O2/c1-2-26-27(5-3-6-30(26)35)34(43)40-19-17-39(18-20-40)33(42)7-4-15-38-16-14-32-29(22-38)28-21-24(37)10-13-31(28)41(32)25-11-8-23(36)9-12-25/h3,5-6,8-13,21,29,32H,2,4,7,14-20,22H2,1H3. The molecule has 6 nitrogen and oxygen atoms in total. The number of hydrogen-bond donors (Lipinski definition) is 0. The molecule has 43 heavy (non-hydrogen) atoms. The molecule has 3 aliphatic heterocycles. The number of fused-ring (bicyclic) bond motifs is 3. The molecule has 0 N–H and O–H groups in total. The molecule has 0 aromatic heterocycles. The Hall–Kier alpha value is -3.49. The van der Waals surface area contributed by atoms with Crippen LogP contribution in [0, 0.1) is 11.6 Å². The number of rotatable bonds is 7. The second-order valence-corrected chi connectivity index (χ2v) is 12.1. The predicted molar refractivity (Wildman–Crippen MR) is 165 cm³/mol. The van der Waals surface area contributed by atoms with Crippen LogP contribution in [0.3, 0.4) is 0 Å². The third-order valence-corrected chi connectivity index (χ3v) is 9.59. The van der Waals surface area contributed by atoms with E-state index in [1.807, 2.05) is 41.0 Å². The Morgan fingerprint density at radius 2 is 1.63 bits per heavy atom. The number of carbonyl (C=O) groups excluding carboxylic acids is 2. The average molecular weight is 607 g/mol. The molecular formula is C34H37ClF2N4O2. The highest BCUT2D eigenvalue weighted by Crippen LogP contribution is 2.48. The van der Waals surface area contributed by atoms with Crippen molar-refractivity contribution in [2.24, 2.45) is 0 Å². The normalized spacial score (nSPS) is 20.2. The molecule has 3 aromatic rings. The van der Waals surface area contributed by atoms with Crippen LogP contribution >= 0.6 is 11.6 Å². The Morgan fingerprint density at radius 1 is 0.907 bits per heavy atom. The van der Waals surface area contributed by atoms with Crippen LogP contribution in [0.4, 0.5) is 20.2 Å². The van der Waals surface area contributed by atoms with Gasteiger partial charge in [-0.15, -0.1) is 0 Å². The summed E-state index contributed by atoms with van der Waals surface area (Å²) < 4.78 is 28.0. The summed E-state index contributed by atoms with van der Waals surface area (Å²) in [5.74, 6) is -0.294. The second-order valence-electron chi connectivity index (χ2n) is 11.7. The van der Waals surface area contributed by atoms with Gasteiger partial charge in [0.05, 0.1) is 0 Å². The van der Waals surface area contributed by atoms with E-state index in [1.54, 1.807) is 18.2 Å². The van der Waals surface area contributed by atoms with Gasteiger partial charge in [0, 0.05) is 79.6 Å².